The van der Waals surface area contributed by atoms with E-state index in [0.717, 1.165) is 17.5 Å². The minimum atomic E-state index is -0.497. The van der Waals surface area contributed by atoms with Crippen molar-refractivity contribution in [2.75, 3.05) is 17.7 Å². The molecule has 0 atom stereocenters. The van der Waals surface area contributed by atoms with Crippen molar-refractivity contribution in [3.63, 3.8) is 0 Å². The van der Waals surface area contributed by atoms with E-state index in [1.165, 1.54) is 0 Å². The van der Waals surface area contributed by atoms with Gasteiger partial charge in [-0.05, 0) is 13.0 Å². The van der Waals surface area contributed by atoms with Crippen LogP contribution in [0.5, 0.6) is 0 Å². The third-order valence-corrected chi connectivity index (χ3v) is 2.48. The molecular weight excluding hydrogens is 223 g/mol. The van der Waals surface area contributed by atoms with E-state index in [-0.39, 0.29) is 11.8 Å². The molecule has 0 saturated heterocycles. The second kappa shape index (κ2) is 4.40. The Kier molecular flexibility index (Phi) is 2.95. The van der Waals surface area contributed by atoms with Crippen LogP contribution in [0.3, 0.4) is 0 Å². The molecule has 2 aromatic rings. The van der Waals surface area contributed by atoms with Gasteiger partial charge in [-0.25, -0.2) is 9.37 Å². The Morgan fingerprint density at radius 3 is 2.94 bits per heavy atom. The third kappa shape index (κ3) is 2.35. The van der Waals surface area contributed by atoms with Gasteiger partial charge in [0.15, 0.2) is 11.6 Å². The van der Waals surface area contributed by atoms with Crippen molar-refractivity contribution >= 4 is 11.8 Å². The van der Waals surface area contributed by atoms with E-state index >= 15 is 0 Å². The molecule has 17 heavy (non-hydrogen) atoms. The first-order valence-electron chi connectivity index (χ1n) is 5.10. The zero-order valence-electron chi connectivity index (χ0n) is 9.64. The van der Waals surface area contributed by atoms with Gasteiger partial charge in [0.25, 0.3) is 0 Å². The summed E-state index contributed by atoms with van der Waals surface area (Å²) < 4.78 is 18.7. The van der Waals surface area contributed by atoms with E-state index in [9.17, 15) is 4.39 Å². The Morgan fingerprint density at radius 2 is 2.29 bits per heavy atom. The van der Waals surface area contributed by atoms with Crippen LogP contribution in [0, 0.1) is 12.7 Å². The highest BCUT2D eigenvalue weighted by atomic mass is 19.1. The fraction of sp³-hybridized carbons (Fsp3) is 0.273. The van der Waals surface area contributed by atoms with Crippen molar-refractivity contribution in [2.45, 2.75) is 13.5 Å². The maximum absolute atomic E-state index is 13.5. The first kappa shape index (κ1) is 11.4. The van der Waals surface area contributed by atoms with Crippen molar-refractivity contribution in [1.82, 2.24) is 9.97 Å². The molecule has 6 heteroatoms. The molecule has 90 valence electrons. The van der Waals surface area contributed by atoms with Crippen molar-refractivity contribution in [3.05, 3.63) is 35.7 Å². The van der Waals surface area contributed by atoms with Crippen molar-refractivity contribution in [2.24, 2.45) is 0 Å². The SMILES string of the molecule is Cc1occc1CN(C)c1nc(N)ncc1F. The summed E-state index contributed by atoms with van der Waals surface area (Å²) in [6.45, 7) is 2.35. The lowest BCUT2D eigenvalue weighted by Crippen LogP contribution is -2.20. The summed E-state index contributed by atoms with van der Waals surface area (Å²) in [6, 6.07) is 1.84. The van der Waals surface area contributed by atoms with Gasteiger partial charge in [-0.3, -0.25) is 0 Å². The molecule has 2 heterocycles. The molecular formula is C11H13FN4O. The molecule has 5 nitrogen and oxygen atoms in total. The summed E-state index contributed by atoms with van der Waals surface area (Å²) in [4.78, 5) is 9.11. The first-order valence-corrected chi connectivity index (χ1v) is 5.10. The normalized spacial score (nSPS) is 10.5. The van der Waals surface area contributed by atoms with Crippen LogP contribution < -0.4 is 10.6 Å². The molecule has 0 unspecified atom stereocenters. The summed E-state index contributed by atoms with van der Waals surface area (Å²) in [6.07, 6.45) is 2.67. The molecule has 0 aliphatic carbocycles. The predicted octanol–water partition coefficient (Wildman–Crippen LogP) is 1.74. The van der Waals surface area contributed by atoms with Gasteiger partial charge in [-0.15, -0.1) is 0 Å². The number of nitrogens with two attached hydrogens (primary N) is 1. The number of aromatic nitrogens is 2. The number of halogens is 1. The molecule has 0 spiro atoms. The standard InChI is InChI=1S/C11H13FN4O/c1-7-8(3-4-17-7)6-16(2)10-9(12)5-14-11(13)15-10/h3-5H,6H2,1-2H3,(H2,13,14,15). The number of rotatable bonds is 3. The number of furan rings is 1. The van der Waals surface area contributed by atoms with Crippen LogP contribution in [0.25, 0.3) is 0 Å². The van der Waals surface area contributed by atoms with E-state index in [1.54, 1.807) is 18.2 Å². The molecule has 0 radical (unpaired) electrons. The van der Waals surface area contributed by atoms with Gasteiger partial charge >= 0.3 is 0 Å². The number of aryl methyl sites for hydroxylation is 1. The van der Waals surface area contributed by atoms with Crippen LogP contribution in [0.2, 0.25) is 0 Å². The van der Waals surface area contributed by atoms with Crippen LogP contribution in [0.4, 0.5) is 16.2 Å². The Hall–Kier alpha value is -2.11. The van der Waals surface area contributed by atoms with Crippen LogP contribution in [-0.2, 0) is 6.54 Å². The van der Waals surface area contributed by atoms with Gasteiger partial charge in [0.1, 0.15) is 5.76 Å². The number of nitrogens with zero attached hydrogens (tertiary/aromatic N) is 3. The van der Waals surface area contributed by atoms with Crippen molar-refractivity contribution in [3.8, 4) is 0 Å². The second-order valence-electron chi connectivity index (χ2n) is 3.76. The highest BCUT2D eigenvalue weighted by molar-refractivity contribution is 5.42. The number of nitrogen functional groups attached to an aromatic ring is 1. The Bertz CT molecular complexity index is 526. The summed E-state index contributed by atoms with van der Waals surface area (Å²) >= 11 is 0. The molecule has 2 aromatic heterocycles. The maximum Gasteiger partial charge on any atom is 0.222 e. The van der Waals surface area contributed by atoms with Crippen molar-refractivity contribution in [1.29, 1.82) is 0 Å². The molecule has 2 N–H and O–H groups in total. The van der Waals surface area contributed by atoms with Gasteiger partial charge < -0.3 is 15.1 Å². The lowest BCUT2D eigenvalue weighted by molar-refractivity contribution is 0.529. The minimum Gasteiger partial charge on any atom is -0.469 e. The van der Waals surface area contributed by atoms with E-state index in [2.05, 4.69) is 9.97 Å². The third-order valence-electron chi connectivity index (χ3n) is 2.48. The van der Waals surface area contributed by atoms with Gasteiger partial charge in [0.05, 0.1) is 12.5 Å². The van der Waals surface area contributed by atoms with Crippen LogP contribution in [0.1, 0.15) is 11.3 Å². The molecule has 0 aliphatic heterocycles. The summed E-state index contributed by atoms with van der Waals surface area (Å²) in [7, 11) is 1.73. The van der Waals surface area contributed by atoms with Crippen molar-refractivity contribution < 1.29 is 8.81 Å². The highest BCUT2D eigenvalue weighted by Crippen LogP contribution is 2.19. The summed E-state index contributed by atoms with van der Waals surface area (Å²) in [5.74, 6) is 0.539. The van der Waals surface area contributed by atoms with E-state index in [0.29, 0.717) is 6.54 Å². The van der Waals surface area contributed by atoms with Gasteiger partial charge in [-0.1, -0.05) is 0 Å². The van der Waals surface area contributed by atoms with Gasteiger partial charge in [0, 0.05) is 19.2 Å². The molecule has 0 aromatic carbocycles. The fourth-order valence-electron chi connectivity index (χ4n) is 1.54. The lowest BCUT2D eigenvalue weighted by Gasteiger charge is -2.18. The van der Waals surface area contributed by atoms with E-state index in [4.69, 9.17) is 10.2 Å². The zero-order chi connectivity index (χ0) is 12.4. The van der Waals surface area contributed by atoms with Crippen LogP contribution >= 0.6 is 0 Å². The summed E-state index contributed by atoms with van der Waals surface area (Å²) in [5.41, 5.74) is 6.41. The van der Waals surface area contributed by atoms with Crippen LogP contribution in [0.15, 0.2) is 22.9 Å². The number of hydrogen-bond donors (Lipinski definition) is 1. The summed E-state index contributed by atoms with van der Waals surface area (Å²) in [5, 5.41) is 0. The quantitative estimate of drug-likeness (QED) is 0.879. The monoisotopic (exact) mass is 236 g/mol. The second-order valence-corrected chi connectivity index (χ2v) is 3.76. The molecule has 0 bridgehead atoms. The van der Waals surface area contributed by atoms with E-state index < -0.39 is 5.82 Å². The highest BCUT2D eigenvalue weighted by Gasteiger charge is 2.12. The van der Waals surface area contributed by atoms with E-state index in [1.807, 2.05) is 13.0 Å². The number of hydrogen-bond acceptors (Lipinski definition) is 5. The average molecular weight is 236 g/mol. The lowest BCUT2D eigenvalue weighted by atomic mass is 10.2. The zero-order valence-corrected chi connectivity index (χ0v) is 9.64. The Balaban J connectivity index is 2.23. The smallest absolute Gasteiger partial charge is 0.222 e. The van der Waals surface area contributed by atoms with Crippen LogP contribution in [-0.4, -0.2) is 17.0 Å². The average Bonchev–Trinajstić information content (AvgIpc) is 2.68. The minimum absolute atomic E-state index is 0.0529. The Labute approximate surface area is 98.1 Å². The number of anilines is 2. The fourth-order valence-corrected chi connectivity index (χ4v) is 1.54. The van der Waals surface area contributed by atoms with Gasteiger partial charge in [0.2, 0.25) is 5.95 Å². The molecule has 0 aliphatic rings. The topological polar surface area (TPSA) is 68.2 Å². The predicted molar refractivity (Wildman–Crippen MR) is 62.0 cm³/mol. The molecule has 0 saturated carbocycles. The van der Waals surface area contributed by atoms with Gasteiger partial charge in [-0.2, -0.15) is 4.98 Å². The largest absolute Gasteiger partial charge is 0.469 e. The maximum atomic E-state index is 13.5. The Morgan fingerprint density at radius 1 is 1.53 bits per heavy atom. The molecule has 0 amide bonds. The molecule has 2 rings (SSSR count). The first-order chi connectivity index (χ1) is 8.08. The molecule has 0 fully saturated rings.